The first-order chi connectivity index (χ1) is 8.70. The number of hydrogen-bond donors (Lipinski definition) is 1. The summed E-state index contributed by atoms with van der Waals surface area (Å²) >= 11 is 0. The third kappa shape index (κ3) is 3.33. The van der Waals surface area contributed by atoms with Gasteiger partial charge in [0.2, 0.25) is 0 Å². The molecule has 1 heterocycles. The number of hydrogen-bond acceptors (Lipinski definition) is 2. The minimum absolute atomic E-state index is 0.572. The molecule has 1 saturated heterocycles. The van der Waals surface area contributed by atoms with Gasteiger partial charge >= 0.3 is 0 Å². The fraction of sp³-hybridized carbons (Fsp3) is 0.625. The smallest absolute Gasteiger partial charge is 0.0350 e. The molecule has 0 aromatic heterocycles. The second kappa shape index (κ2) is 6.35. The van der Waals surface area contributed by atoms with Gasteiger partial charge in [0.1, 0.15) is 0 Å². The van der Waals surface area contributed by atoms with Gasteiger partial charge in [0, 0.05) is 12.6 Å². The predicted molar refractivity (Wildman–Crippen MR) is 77.4 cm³/mol. The van der Waals surface area contributed by atoms with Crippen LogP contribution in [0.2, 0.25) is 0 Å². The molecule has 100 valence electrons. The normalized spacial score (nSPS) is 22.6. The van der Waals surface area contributed by atoms with Gasteiger partial charge < -0.3 is 5.73 Å². The SMILES string of the molecule is CC(C)CC(c1ccccc1)N1CCC(CN)C1. The highest BCUT2D eigenvalue weighted by molar-refractivity contribution is 5.19. The molecule has 0 bridgehead atoms. The van der Waals surface area contributed by atoms with E-state index in [-0.39, 0.29) is 0 Å². The van der Waals surface area contributed by atoms with Crippen molar-refractivity contribution >= 4 is 0 Å². The second-order valence-corrected chi connectivity index (χ2v) is 5.94. The monoisotopic (exact) mass is 246 g/mol. The van der Waals surface area contributed by atoms with E-state index in [9.17, 15) is 0 Å². The van der Waals surface area contributed by atoms with Crippen LogP contribution in [0.25, 0.3) is 0 Å². The summed E-state index contributed by atoms with van der Waals surface area (Å²) in [6.45, 7) is 7.83. The van der Waals surface area contributed by atoms with Crippen LogP contribution in [0, 0.1) is 11.8 Å². The van der Waals surface area contributed by atoms with Crippen molar-refractivity contribution in [3.8, 4) is 0 Å². The lowest BCUT2D eigenvalue weighted by molar-refractivity contribution is 0.208. The van der Waals surface area contributed by atoms with Gasteiger partial charge in [-0.25, -0.2) is 0 Å². The molecule has 2 nitrogen and oxygen atoms in total. The van der Waals surface area contributed by atoms with Crippen LogP contribution in [-0.4, -0.2) is 24.5 Å². The van der Waals surface area contributed by atoms with E-state index in [1.165, 1.54) is 31.5 Å². The molecule has 1 aromatic rings. The number of nitrogens with zero attached hydrogens (tertiary/aromatic N) is 1. The quantitative estimate of drug-likeness (QED) is 0.865. The zero-order chi connectivity index (χ0) is 13.0. The highest BCUT2D eigenvalue weighted by atomic mass is 15.2. The molecule has 2 rings (SSSR count). The molecule has 1 aliphatic heterocycles. The minimum atomic E-state index is 0.572. The van der Waals surface area contributed by atoms with Crippen molar-refractivity contribution < 1.29 is 0 Å². The van der Waals surface area contributed by atoms with E-state index < -0.39 is 0 Å². The van der Waals surface area contributed by atoms with Crippen LogP contribution in [0.3, 0.4) is 0 Å². The maximum Gasteiger partial charge on any atom is 0.0350 e. The first-order valence-electron chi connectivity index (χ1n) is 7.19. The van der Waals surface area contributed by atoms with Crippen LogP contribution in [0.4, 0.5) is 0 Å². The summed E-state index contributed by atoms with van der Waals surface area (Å²) in [5.41, 5.74) is 7.27. The van der Waals surface area contributed by atoms with Crippen molar-refractivity contribution in [2.75, 3.05) is 19.6 Å². The van der Waals surface area contributed by atoms with Gasteiger partial charge in [-0.2, -0.15) is 0 Å². The molecule has 1 aliphatic rings. The van der Waals surface area contributed by atoms with Crippen molar-refractivity contribution in [2.24, 2.45) is 17.6 Å². The Kier molecular flexibility index (Phi) is 4.79. The fourth-order valence-corrected chi connectivity index (χ4v) is 2.96. The van der Waals surface area contributed by atoms with Gasteiger partial charge in [0.15, 0.2) is 0 Å². The molecule has 18 heavy (non-hydrogen) atoms. The Labute approximate surface area is 111 Å². The fourth-order valence-electron chi connectivity index (χ4n) is 2.96. The van der Waals surface area contributed by atoms with Gasteiger partial charge in [0.05, 0.1) is 0 Å². The molecular weight excluding hydrogens is 220 g/mol. The highest BCUT2D eigenvalue weighted by Gasteiger charge is 2.28. The van der Waals surface area contributed by atoms with Gasteiger partial charge in [-0.1, -0.05) is 44.2 Å². The number of likely N-dealkylation sites (tertiary alicyclic amines) is 1. The van der Waals surface area contributed by atoms with E-state index in [1.54, 1.807) is 0 Å². The van der Waals surface area contributed by atoms with Crippen LogP contribution in [0.15, 0.2) is 30.3 Å². The average molecular weight is 246 g/mol. The topological polar surface area (TPSA) is 29.3 Å². The van der Waals surface area contributed by atoms with Crippen molar-refractivity contribution in [1.82, 2.24) is 4.90 Å². The Morgan fingerprint density at radius 2 is 2.00 bits per heavy atom. The lowest BCUT2D eigenvalue weighted by atomic mass is 9.96. The molecule has 2 atom stereocenters. The van der Waals surface area contributed by atoms with E-state index in [4.69, 9.17) is 5.73 Å². The van der Waals surface area contributed by atoms with E-state index in [1.807, 2.05) is 0 Å². The largest absolute Gasteiger partial charge is 0.330 e. The number of benzene rings is 1. The summed E-state index contributed by atoms with van der Waals surface area (Å²) in [6, 6.07) is 11.5. The van der Waals surface area contributed by atoms with Crippen LogP contribution < -0.4 is 5.73 Å². The molecule has 1 fully saturated rings. The molecule has 2 heteroatoms. The van der Waals surface area contributed by atoms with Crippen LogP contribution in [-0.2, 0) is 0 Å². The van der Waals surface area contributed by atoms with Crippen molar-refractivity contribution in [3.05, 3.63) is 35.9 Å². The second-order valence-electron chi connectivity index (χ2n) is 5.94. The van der Waals surface area contributed by atoms with Crippen LogP contribution in [0.1, 0.15) is 38.3 Å². The standard InChI is InChI=1S/C16H26N2/c1-13(2)10-16(15-6-4-3-5-7-15)18-9-8-14(11-17)12-18/h3-7,13-14,16H,8-12,17H2,1-2H3. The molecule has 2 N–H and O–H groups in total. The molecule has 1 aromatic carbocycles. The van der Waals surface area contributed by atoms with Gasteiger partial charge in [-0.15, -0.1) is 0 Å². The van der Waals surface area contributed by atoms with Crippen molar-refractivity contribution in [1.29, 1.82) is 0 Å². The van der Waals surface area contributed by atoms with E-state index in [0.29, 0.717) is 12.0 Å². The van der Waals surface area contributed by atoms with E-state index >= 15 is 0 Å². The molecule has 0 amide bonds. The van der Waals surface area contributed by atoms with E-state index in [0.717, 1.165) is 12.5 Å². The lowest BCUT2D eigenvalue weighted by Gasteiger charge is -2.30. The van der Waals surface area contributed by atoms with Gasteiger partial charge in [0.25, 0.3) is 0 Å². The van der Waals surface area contributed by atoms with Crippen LogP contribution >= 0.6 is 0 Å². The highest BCUT2D eigenvalue weighted by Crippen LogP contribution is 2.32. The molecule has 0 aliphatic carbocycles. The molecule has 2 unspecified atom stereocenters. The van der Waals surface area contributed by atoms with E-state index in [2.05, 4.69) is 49.1 Å². The minimum Gasteiger partial charge on any atom is -0.330 e. The number of rotatable bonds is 5. The maximum atomic E-state index is 5.81. The zero-order valence-electron chi connectivity index (χ0n) is 11.7. The molecule has 0 spiro atoms. The Bertz CT molecular complexity index is 347. The Balaban J connectivity index is 2.11. The summed E-state index contributed by atoms with van der Waals surface area (Å²) in [4.78, 5) is 2.63. The number of nitrogens with two attached hydrogens (primary N) is 1. The summed E-state index contributed by atoms with van der Waals surface area (Å²) < 4.78 is 0. The Morgan fingerprint density at radius 3 is 2.56 bits per heavy atom. The Hall–Kier alpha value is -0.860. The summed E-state index contributed by atoms with van der Waals surface area (Å²) in [7, 11) is 0. The third-order valence-corrected chi connectivity index (χ3v) is 3.97. The van der Waals surface area contributed by atoms with Gasteiger partial charge in [-0.05, 0) is 43.3 Å². The predicted octanol–water partition coefficient (Wildman–Crippen LogP) is 3.05. The maximum absolute atomic E-state index is 5.81. The van der Waals surface area contributed by atoms with Crippen molar-refractivity contribution in [3.63, 3.8) is 0 Å². The third-order valence-electron chi connectivity index (χ3n) is 3.97. The average Bonchev–Trinajstić information content (AvgIpc) is 2.85. The molecule has 0 radical (unpaired) electrons. The molecule has 0 saturated carbocycles. The summed E-state index contributed by atoms with van der Waals surface area (Å²) in [5.74, 6) is 1.43. The lowest BCUT2D eigenvalue weighted by Crippen LogP contribution is -2.29. The van der Waals surface area contributed by atoms with Crippen LogP contribution in [0.5, 0.6) is 0 Å². The summed E-state index contributed by atoms with van der Waals surface area (Å²) in [5, 5.41) is 0. The molecular formula is C16H26N2. The van der Waals surface area contributed by atoms with Crippen molar-refractivity contribution in [2.45, 2.75) is 32.7 Å². The summed E-state index contributed by atoms with van der Waals surface area (Å²) in [6.07, 6.45) is 2.50. The Morgan fingerprint density at radius 1 is 1.28 bits per heavy atom. The zero-order valence-corrected chi connectivity index (χ0v) is 11.7. The first kappa shape index (κ1) is 13.6. The first-order valence-corrected chi connectivity index (χ1v) is 7.19. The van der Waals surface area contributed by atoms with Gasteiger partial charge in [-0.3, -0.25) is 4.90 Å².